The van der Waals surface area contributed by atoms with Crippen molar-refractivity contribution in [1.29, 1.82) is 0 Å². The van der Waals surface area contributed by atoms with Crippen molar-refractivity contribution in [2.24, 2.45) is 5.92 Å². The summed E-state index contributed by atoms with van der Waals surface area (Å²) in [4.78, 5) is 27.6. The van der Waals surface area contributed by atoms with Gasteiger partial charge in [0.25, 0.3) is 5.91 Å². The van der Waals surface area contributed by atoms with Gasteiger partial charge in [-0.05, 0) is 55.2 Å². The molecule has 7 nitrogen and oxygen atoms in total. The summed E-state index contributed by atoms with van der Waals surface area (Å²) in [6.07, 6.45) is -2.26. The molecule has 2 atom stereocenters. The number of alkyl halides is 3. The number of halogens is 4. The summed E-state index contributed by atoms with van der Waals surface area (Å²) >= 11 is 0. The van der Waals surface area contributed by atoms with Crippen LogP contribution in [0.4, 0.5) is 17.6 Å². The van der Waals surface area contributed by atoms with Crippen molar-refractivity contribution in [3.05, 3.63) is 65.4 Å². The third-order valence-electron chi connectivity index (χ3n) is 6.18. The van der Waals surface area contributed by atoms with Gasteiger partial charge in [0.2, 0.25) is 5.91 Å². The molecule has 0 radical (unpaired) electrons. The average Bonchev–Trinajstić information content (AvgIpc) is 3.25. The van der Waals surface area contributed by atoms with Crippen molar-refractivity contribution in [3.8, 4) is 0 Å². The lowest BCUT2D eigenvalue weighted by molar-refractivity contribution is -0.138. The van der Waals surface area contributed by atoms with Gasteiger partial charge in [0, 0.05) is 30.8 Å². The lowest BCUT2D eigenvalue weighted by atomic mass is 9.94. The number of rotatable bonds is 5. The fraction of sp³-hybridized carbons (Fsp3) is 0.417. The molecule has 3 heterocycles. The highest BCUT2D eigenvalue weighted by Crippen LogP contribution is 2.31. The largest absolute Gasteiger partial charge is 0.417 e. The van der Waals surface area contributed by atoms with Crippen molar-refractivity contribution in [3.63, 3.8) is 0 Å². The van der Waals surface area contributed by atoms with Crippen LogP contribution in [-0.4, -0.2) is 50.4 Å². The third-order valence-corrected chi connectivity index (χ3v) is 6.18. The van der Waals surface area contributed by atoms with Crippen molar-refractivity contribution < 1.29 is 27.2 Å². The zero-order chi connectivity index (χ0) is 25.3. The molecule has 4 rings (SSSR count). The molecule has 1 aliphatic heterocycles. The molecule has 0 spiro atoms. The van der Waals surface area contributed by atoms with Crippen LogP contribution in [0, 0.1) is 11.7 Å². The molecule has 0 saturated carbocycles. The SMILES string of the molecule is CC(C)[C@H](NC(=O)c1ccc(F)cc1)C(=O)N1CCCC(c2nnc3ccc(C(F)(F)F)cn23)C1. The number of carbonyl (C=O) groups excluding carboxylic acids is 2. The van der Waals surface area contributed by atoms with E-state index in [1.165, 1.54) is 34.7 Å². The Morgan fingerprint density at radius 2 is 1.80 bits per heavy atom. The van der Waals surface area contributed by atoms with E-state index in [1.807, 2.05) is 0 Å². The van der Waals surface area contributed by atoms with Gasteiger partial charge < -0.3 is 10.2 Å². The molecule has 0 aliphatic carbocycles. The molecule has 1 fully saturated rings. The van der Waals surface area contributed by atoms with E-state index in [0.717, 1.165) is 12.3 Å². The molecule has 11 heteroatoms. The Labute approximate surface area is 199 Å². The van der Waals surface area contributed by atoms with E-state index in [4.69, 9.17) is 0 Å². The Bertz CT molecular complexity index is 1220. The van der Waals surface area contributed by atoms with E-state index in [-0.39, 0.29) is 29.9 Å². The molecule has 35 heavy (non-hydrogen) atoms. The number of carbonyl (C=O) groups is 2. The monoisotopic (exact) mass is 491 g/mol. The molecular weight excluding hydrogens is 466 g/mol. The van der Waals surface area contributed by atoms with Gasteiger partial charge in [0.1, 0.15) is 17.7 Å². The molecule has 1 saturated heterocycles. The van der Waals surface area contributed by atoms with Crippen LogP contribution in [0.25, 0.3) is 5.65 Å². The first kappa shape index (κ1) is 24.6. The first-order chi connectivity index (χ1) is 16.5. The fourth-order valence-electron chi connectivity index (χ4n) is 4.28. The van der Waals surface area contributed by atoms with Gasteiger partial charge in [-0.1, -0.05) is 13.8 Å². The minimum Gasteiger partial charge on any atom is -0.340 e. The summed E-state index contributed by atoms with van der Waals surface area (Å²) in [7, 11) is 0. The predicted molar refractivity (Wildman–Crippen MR) is 119 cm³/mol. The van der Waals surface area contributed by atoms with Gasteiger partial charge >= 0.3 is 6.18 Å². The van der Waals surface area contributed by atoms with Crippen LogP contribution in [0.3, 0.4) is 0 Å². The first-order valence-corrected chi connectivity index (χ1v) is 11.3. The van der Waals surface area contributed by atoms with E-state index < -0.39 is 29.5 Å². The third kappa shape index (κ3) is 5.28. The van der Waals surface area contributed by atoms with Crippen LogP contribution in [0.1, 0.15) is 54.4 Å². The van der Waals surface area contributed by atoms with E-state index in [2.05, 4.69) is 15.5 Å². The minimum atomic E-state index is -4.50. The van der Waals surface area contributed by atoms with Crippen LogP contribution >= 0.6 is 0 Å². The maximum absolute atomic E-state index is 13.4. The number of benzene rings is 1. The number of fused-ring (bicyclic) bond motifs is 1. The van der Waals surface area contributed by atoms with Gasteiger partial charge in [-0.3, -0.25) is 14.0 Å². The van der Waals surface area contributed by atoms with E-state index in [1.54, 1.807) is 18.7 Å². The van der Waals surface area contributed by atoms with Crippen LogP contribution in [0.15, 0.2) is 42.6 Å². The molecule has 1 N–H and O–H groups in total. The smallest absolute Gasteiger partial charge is 0.340 e. The Kier molecular flexibility index (Phi) is 6.77. The highest BCUT2D eigenvalue weighted by Gasteiger charge is 2.35. The van der Waals surface area contributed by atoms with Gasteiger partial charge in [-0.15, -0.1) is 10.2 Å². The van der Waals surface area contributed by atoms with Crippen LogP contribution in [-0.2, 0) is 11.0 Å². The van der Waals surface area contributed by atoms with Crippen LogP contribution < -0.4 is 5.32 Å². The summed E-state index contributed by atoms with van der Waals surface area (Å²) in [5.74, 6) is -1.43. The molecular formula is C24H25F4N5O2. The normalized spacial score (nSPS) is 17.6. The fourth-order valence-corrected chi connectivity index (χ4v) is 4.28. The Morgan fingerprint density at radius 1 is 1.09 bits per heavy atom. The summed E-state index contributed by atoms with van der Waals surface area (Å²) in [5, 5.41) is 10.8. The standard InChI is InChI=1S/C24H25F4N5O2/c1-14(2)20(29-22(34)15-5-8-18(25)9-6-15)23(35)32-11-3-4-16(12-32)21-31-30-19-10-7-17(13-33(19)21)24(26,27)28/h5-10,13-14,16,20H,3-4,11-12H2,1-2H3,(H,29,34)/t16?,20-/m0/s1. The number of hydrogen-bond acceptors (Lipinski definition) is 4. The van der Waals surface area contributed by atoms with Crippen molar-refractivity contribution in [2.75, 3.05) is 13.1 Å². The number of nitrogens with zero attached hydrogens (tertiary/aromatic N) is 4. The topological polar surface area (TPSA) is 79.6 Å². The molecule has 2 amide bonds. The number of nitrogens with one attached hydrogen (secondary N) is 1. The molecule has 186 valence electrons. The number of amides is 2. The second-order valence-electron chi connectivity index (χ2n) is 9.03. The average molecular weight is 491 g/mol. The van der Waals surface area contributed by atoms with Crippen LogP contribution in [0.2, 0.25) is 0 Å². The summed E-state index contributed by atoms with van der Waals surface area (Å²) in [5.41, 5.74) is -0.280. The quantitative estimate of drug-likeness (QED) is 0.547. The second kappa shape index (κ2) is 9.63. The molecule has 1 unspecified atom stereocenters. The Balaban J connectivity index is 1.53. The Morgan fingerprint density at radius 3 is 2.46 bits per heavy atom. The highest BCUT2D eigenvalue weighted by atomic mass is 19.4. The van der Waals surface area contributed by atoms with Gasteiger partial charge in [-0.2, -0.15) is 13.2 Å². The van der Waals surface area contributed by atoms with Gasteiger partial charge in [0.05, 0.1) is 5.56 Å². The van der Waals surface area contributed by atoms with Crippen LogP contribution in [0.5, 0.6) is 0 Å². The molecule has 3 aromatic rings. The zero-order valence-electron chi connectivity index (χ0n) is 19.2. The van der Waals surface area contributed by atoms with Crippen molar-refractivity contribution >= 4 is 17.5 Å². The summed E-state index contributed by atoms with van der Waals surface area (Å²) in [6.45, 7) is 4.31. The maximum atomic E-state index is 13.4. The summed E-state index contributed by atoms with van der Waals surface area (Å²) < 4.78 is 54.2. The second-order valence-corrected chi connectivity index (χ2v) is 9.03. The lowest BCUT2D eigenvalue weighted by Crippen LogP contribution is -2.53. The number of likely N-dealkylation sites (tertiary alicyclic amines) is 1. The van der Waals surface area contributed by atoms with Gasteiger partial charge in [0.15, 0.2) is 5.65 Å². The Hall–Kier alpha value is -3.50. The maximum Gasteiger partial charge on any atom is 0.417 e. The first-order valence-electron chi connectivity index (χ1n) is 11.3. The zero-order valence-corrected chi connectivity index (χ0v) is 19.2. The summed E-state index contributed by atoms with van der Waals surface area (Å²) in [6, 6.07) is 6.43. The van der Waals surface area contributed by atoms with E-state index >= 15 is 0 Å². The van der Waals surface area contributed by atoms with Gasteiger partial charge in [-0.25, -0.2) is 4.39 Å². The minimum absolute atomic E-state index is 0.226. The van der Waals surface area contributed by atoms with E-state index in [0.29, 0.717) is 30.9 Å². The lowest BCUT2D eigenvalue weighted by Gasteiger charge is -2.35. The molecule has 1 aliphatic rings. The molecule has 1 aromatic carbocycles. The number of aromatic nitrogens is 3. The molecule has 2 aromatic heterocycles. The van der Waals surface area contributed by atoms with Crippen molar-refractivity contribution in [1.82, 2.24) is 24.8 Å². The van der Waals surface area contributed by atoms with Crippen molar-refractivity contribution in [2.45, 2.75) is 44.8 Å². The number of piperidine rings is 1. The molecule has 0 bridgehead atoms. The van der Waals surface area contributed by atoms with E-state index in [9.17, 15) is 27.2 Å². The number of hydrogen-bond donors (Lipinski definition) is 1. The number of pyridine rings is 1. The highest BCUT2D eigenvalue weighted by molar-refractivity contribution is 5.97. The predicted octanol–water partition coefficient (Wildman–Crippen LogP) is 4.05.